The Morgan fingerprint density at radius 1 is 0.952 bits per heavy atom. The number of nitrogens with two attached hydrogens (primary N) is 1. The molecule has 1 aromatic heterocycles. The summed E-state index contributed by atoms with van der Waals surface area (Å²) in [6.45, 7) is 4.34. The largest absolute Gasteiger partial charge is 0.370 e. The predicted octanol–water partition coefficient (Wildman–Crippen LogP) is 6.29. The van der Waals surface area contributed by atoms with Crippen molar-refractivity contribution in [1.82, 2.24) is 10.1 Å². The number of benzene rings is 2. The Bertz CT molecular complexity index is 1400. The van der Waals surface area contributed by atoms with Gasteiger partial charge in [0.25, 0.3) is 5.91 Å². The zero-order valence-electron chi connectivity index (χ0n) is 24.7. The minimum atomic E-state index is -0.282. The zero-order chi connectivity index (χ0) is 29.1. The van der Waals surface area contributed by atoms with Crippen molar-refractivity contribution in [2.45, 2.75) is 89.8 Å². The summed E-state index contributed by atoms with van der Waals surface area (Å²) in [7, 11) is 0. The topological polar surface area (TPSA) is 105 Å². The average molecular weight is 570 g/mol. The van der Waals surface area contributed by atoms with Crippen molar-refractivity contribution in [3.8, 4) is 11.1 Å². The molecule has 2 amide bonds. The van der Waals surface area contributed by atoms with Crippen molar-refractivity contribution in [3.05, 3.63) is 65.5 Å². The molecule has 8 heteroatoms. The highest BCUT2D eigenvalue weighted by molar-refractivity contribution is 6.05. The first kappa shape index (κ1) is 28.5. The Labute approximate surface area is 248 Å². The number of rotatable bonds is 8. The van der Waals surface area contributed by atoms with E-state index in [1.165, 1.54) is 12.8 Å². The van der Waals surface area contributed by atoms with Gasteiger partial charge < -0.3 is 25.4 Å². The molecule has 1 aliphatic heterocycles. The van der Waals surface area contributed by atoms with Crippen LogP contribution in [0.15, 0.2) is 53.1 Å². The minimum Gasteiger partial charge on any atom is -0.370 e. The highest BCUT2D eigenvalue weighted by atomic mass is 16.5. The van der Waals surface area contributed by atoms with Gasteiger partial charge in [-0.1, -0.05) is 42.3 Å². The number of anilines is 2. The van der Waals surface area contributed by atoms with Gasteiger partial charge in [-0.3, -0.25) is 9.59 Å². The van der Waals surface area contributed by atoms with E-state index in [1.807, 2.05) is 0 Å². The van der Waals surface area contributed by atoms with Crippen LogP contribution in [0, 0.1) is 12.8 Å². The summed E-state index contributed by atoms with van der Waals surface area (Å²) in [6, 6.07) is 17.0. The lowest BCUT2D eigenvalue weighted by Crippen LogP contribution is -2.44. The highest BCUT2D eigenvalue weighted by Crippen LogP contribution is 2.36. The van der Waals surface area contributed by atoms with E-state index >= 15 is 0 Å². The van der Waals surface area contributed by atoms with Crippen LogP contribution in [0.3, 0.4) is 0 Å². The van der Waals surface area contributed by atoms with Crippen molar-refractivity contribution in [3.63, 3.8) is 0 Å². The molecule has 0 spiro atoms. The number of aryl methyl sites for hydroxylation is 1. The maximum Gasteiger partial charge on any atom is 0.277 e. The Balaban J connectivity index is 1.27. The van der Waals surface area contributed by atoms with Crippen molar-refractivity contribution < 1.29 is 14.1 Å². The zero-order valence-corrected chi connectivity index (χ0v) is 24.7. The molecule has 8 nitrogen and oxygen atoms in total. The van der Waals surface area contributed by atoms with E-state index in [9.17, 15) is 9.59 Å². The van der Waals surface area contributed by atoms with Gasteiger partial charge in [0.15, 0.2) is 5.69 Å². The van der Waals surface area contributed by atoms with Gasteiger partial charge in [-0.05, 0) is 93.2 Å². The first-order chi connectivity index (χ1) is 20.4. The van der Waals surface area contributed by atoms with Gasteiger partial charge in [-0.25, -0.2) is 0 Å². The molecule has 2 aromatic carbocycles. The summed E-state index contributed by atoms with van der Waals surface area (Å²) in [5.41, 5.74) is 11.5. The van der Waals surface area contributed by atoms with Crippen LogP contribution in [0.2, 0.25) is 0 Å². The second-order valence-corrected chi connectivity index (χ2v) is 12.4. The molecule has 3 aromatic rings. The van der Waals surface area contributed by atoms with E-state index in [4.69, 9.17) is 10.3 Å². The molecule has 6 rings (SSSR count). The third kappa shape index (κ3) is 6.70. The van der Waals surface area contributed by atoms with E-state index < -0.39 is 0 Å². The summed E-state index contributed by atoms with van der Waals surface area (Å²) in [5.74, 6) is 0.810. The minimum absolute atomic E-state index is 0.190. The maximum absolute atomic E-state index is 13.4. The SMILES string of the molecule is Cc1cc(C(=O)Nc2cc(-c3cccc(CN(C(=O)C4CC4)C4CCC(N)CC4)c3)ccc2N2CCCCCC2)no1. The molecule has 0 atom stereocenters. The lowest BCUT2D eigenvalue weighted by molar-refractivity contribution is -0.136. The summed E-state index contributed by atoms with van der Waals surface area (Å²) >= 11 is 0. The third-order valence-electron chi connectivity index (χ3n) is 9.06. The molecule has 0 bridgehead atoms. The summed E-state index contributed by atoms with van der Waals surface area (Å²) in [4.78, 5) is 31.0. The van der Waals surface area contributed by atoms with Crippen LogP contribution in [0.1, 0.15) is 86.0 Å². The fourth-order valence-corrected chi connectivity index (χ4v) is 6.47. The molecular formula is C34H43N5O3. The lowest BCUT2D eigenvalue weighted by atomic mass is 9.90. The van der Waals surface area contributed by atoms with Crippen LogP contribution in [-0.4, -0.2) is 47.0 Å². The van der Waals surface area contributed by atoms with Gasteiger partial charge in [0, 0.05) is 43.7 Å². The lowest BCUT2D eigenvalue weighted by Gasteiger charge is -2.36. The molecule has 0 radical (unpaired) electrons. The fourth-order valence-electron chi connectivity index (χ4n) is 6.47. The van der Waals surface area contributed by atoms with Crippen LogP contribution in [0.4, 0.5) is 11.4 Å². The summed E-state index contributed by atoms with van der Waals surface area (Å²) in [6.07, 6.45) is 10.7. The number of hydrogen-bond donors (Lipinski definition) is 2. The van der Waals surface area contributed by atoms with Gasteiger partial charge in [0.05, 0.1) is 11.4 Å². The number of nitrogens with zero attached hydrogens (tertiary/aromatic N) is 3. The Morgan fingerprint density at radius 3 is 2.38 bits per heavy atom. The van der Waals surface area contributed by atoms with Crippen molar-refractivity contribution in [2.75, 3.05) is 23.3 Å². The van der Waals surface area contributed by atoms with Gasteiger partial charge in [0.1, 0.15) is 5.76 Å². The predicted molar refractivity (Wildman–Crippen MR) is 165 cm³/mol. The smallest absolute Gasteiger partial charge is 0.277 e. The van der Waals surface area contributed by atoms with Crippen LogP contribution in [0.25, 0.3) is 11.1 Å². The fraction of sp³-hybridized carbons (Fsp3) is 0.500. The van der Waals surface area contributed by atoms with E-state index in [2.05, 4.69) is 62.7 Å². The third-order valence-corrected chi connectivity index (χ3v) is 9.06. The van der Waals surface area contributed by atoms with Gasteiger partial charge in [-0.2, -0.15) is 0 Å². The maximum atomic E-state index is 13.4. The molecule has 42 heavy (non-hydrogen) atoms. The van der Waals surface area contributed by atoms with Crippen LogP contribution < -0.4 is 16.0 Å². The quantitative estimate of drug-likeness (QED) is 0.330. The van der Waals surface area contributed by atoms with E-state index in [1.54, 1.807) is 13.0 Å². The summed E-state index contributed by atoms with van der Waals surface area (Å²) < 4.78 is 5.15. The van der Waals surface area contributed by atoms with E-state index in [0.717, 1.165) is 92.5 Å². The molecule has 222 valence electrons. The van der Waals surface area contributed by atoms with Crippen molar-refractivity contribution in [2.24, 2.45) is 11.7 Å². The Morgan fingerprint density at radius 2 is 1.69 bits per heavy atom. The van der Waals surface area contributed by atoms with E-state index in [0.29, 0.717) is 18.2 Å². The first-order valence-electron chi connectivity index (χ1n) is 15.7. The molecule has 2 saturated carbocycles. The molecule has 3 aliphatic rings. The molecular weight excluding hydrogens is 526 g/mol. The van der Waals surface area contributed by atoms with Crippen molar-refractivity contribution in [1.29, 1.82) is 0 Å². The van der Waals surface area contributed by atoms with E-state index in [-0.39, 0.29) is 29.6 Å². The molecule has 2 heterocycles. The molecule has 2 aliphatic carbocycles. The summed E-state index contributed by atoms with van der Waals surface area (Å²) in [5, 5.41) is 7.05. The first-order valence-corrected chi connectivity index (χ1v) is 15.7. The Hall–Kier alpha value is -3.65. The standard InChI is InChI=1S/C34H43N5O3/c1-23-19-31(37-42-23)33(40)36-30-21-27(11-16-32(30)38-17-4-2-3-5-18-38)26-8-6-7-24(20-26)22-39(34(41)25-9-10-25)29-14-12-28(35)13-15-29/h6-8,11,16,19-21,25,28-29H,2-5,9-10,12-15,17-18,22,35H2,1H3,(H,36,40). The highest BCUT2D eigenvalue weighted by Gasteiger charge is 2.37. The van der Waals surface area contributed by atoms with Gasteiger partial charge in [0.2, 0.25) is 5.91 Å². The van der Waals surface area contributed by atoms with Crippen LogP contribution in [0.5, 0.6) is 0 Å². The normalized spacial score (nSPS) is 21.0. The Kier molecular flexibility index (Phi) is 8.60. The monoisotopic (exact) mass is 569 g/mol. The van der Waals surface area contributed by atoms with Gasteiger partial charge >= 0.3 is 0 Å². The van der Waals surface area contributed by atoms with Crippen LogP contribution >= 0.6 is 0 Å². The second-order valence-electron chi connectivity index (χ2n) is 12.4. The number of carbonyl (C=O) groups is 2. The number of hydrogen-bond acceptors (Lipinski definition) is 6. The molecule has 3 N–H and O–H groups in total. The number of carbonyl (C=O) groups excluding carboxylic acids is 2. The van der Waals surface area contributed by atoms with Crippen molar-refractivity contribution >= 4 is 23.2 Å². The number of amides is 2. The molecule has 0 unspecified atom stereocenters. The number of nitrogens with one attached hydrogen (secondary N) is 1. The van der Waals surface area contributed by atoms with Crippen LogP contribution in [-0.2, 0) is 11.3 Å². The second kappa shape index (κ2) is 12.7. The van der Waals surface area contributed by atoms with Gasteiger partial charge in [-0.15, -0.1) is 0 Å². The molecule has 1 saturated heterocycles. The molecule has 3 fully saturated rings. The number of aromatic nitrogens is 1. The average Bonchev–Trinajstić information content (AvgIpc) is 3.81.